The number of nitrogen functional groups attached to an aromatic ring is 1. The number of nitrogens with two attached hydrogens (primary N) is 1. The van der Waals surface area contributed by atoms with Crippen LogP contribution in [0.25, 0.3) is 0 Å². The number of esters is 1. The molecule has 0 radical (unpaired) electrons. The minimum absolute atomic E-state index is 0.170. The number of pyridine rings is 1. The molecule has 0 aliphatic rings. The van der Waals surface area contributed by atoms with Crippen molar-refractivity contribution in [3.8, 4) is 5.75 Å². The maximum Gasteiger partial charge on any atom is 0.338 e. The van der Waals surface area contributed by atoms with Gasteiger partial charge in [0.25, 0.3) is 0 Å². The highest BCUT2D eigenvalue weighted by Crippen LogP contribution is 2.22. The summed E-state index contributed by atoms with van der Waals surface area (Å²) in [6.45, 7) is 5.12. The van der Waals surface area contributed by atoms with Crippen LogP contribution in [-0.2, 0) is 11.3 Å². The van der Waals surface area contributed by atoms with E-state index in [2.05, 4.69) is 27.2 Å². The average molecular weight is 345 g/mol. The molecule has 8 nitrogen and oxygen atoms in total. The zero-order valence-electron chi connectivity index (χ0n) is 14.5. The van der Waals surface area contributed by atoms with E-state index in [1.165, 1.54) is 6.20 Å². The number of unbranched alkanes of at least 4 members (excludes halogenated alkanes) is 1. The van der Waals surface area contributed by atoms with Gasteiger partial charge in [-0.3, -0.25) is 4.98 Å². The summed E-state index contributed by atoms with van der Waals surface area (Å²) in [5.41, 5.74) is 6.67. The van der Waals surface area contributed by atoms with Gasteiger partial charge in [-0.25, -0.2) is 9.78 Å². The molecule has 0 atom stereocenters. The lowest BCUT2D eigenvalue weighted by atomic mass is 10.2. The molecule has 0 saturated heterocycles. The SMILES string of the molecule is CCCCNc1nc(N)ncc1OCc1cc(C(=O)OCC)ccn1. The van der Waals surface area contributed by atoms with Gasteiger partial charge in [0.05, 0.1) is 24.1 Å². The molecule has 2 rings (SSSR count). The topological polar surface area (TPSA) is 112 Å². The first-order valence-corrected chi connectivity index (χ1v) is 8.25. The predicted molar refractivity (Wildman–Crippen MR) is 94.4 cm³/mol. The molecule has 3 N–H and O–H groups in total. The third-order valence-corrected chi connectivity index (χ3v) is 3.30. The van der Waals surface area contributed by atoms with Gasteiger partial charge in [-0.05, 0) is 25.5 Å². The Bertz CT molecular complexity index is 708. The second kappa shape index (κ2) is 9.41. The standard InChI is InChI=1S/C17H23N5O3/c1-3-5-7-20-15-14(10-21-17(18)22-15)25-11-13-9-12(6-8-19-13)16(23)24-4-2/h6,8-10H,3-5,7,11H2,1-2H3,(H3,18,20,21,22). The average Bonchev–Trinajstić information content (AvgIpc) is 2.62. The number of carbonyl (C=O) groups is 1. The van der Waals surface area contributed by atoms with Crippen LogP contribution < -0.4 is 15.8 Å². The summed E-state index contributed by atoms with van der Waals surface area (Å²) in [5.74, 6) is 0.814. The lowest BCUT2D eigenvalue weighted by molar-refractivity contribution is 0.0526. The fraction of sp³-hybridized carbons (Fsp3) is 0.412. The highest BCUT2D eigenvalue weighted by Gasteiger charge is 2.10. The normalized spacial score (nSPS) is 10.3. The van der Waals surface area contributed by atoms with Gasteiger partial charge in [0.2, 0.25) is 5.95 Å². The van der Waals surface area contributed by atoms with Gasteiger partial charge in [0.1, 0.15) is 6.61 Å². The molecule has 0 saturated carbocycles. The van der Waals surface area contributed by atoms with Crippen LogP contribution in [-0.4, -0.2) is 34.1 Å². The van der Waals surface area contributed by atoms with Crippen LogP contribution in [0.1, 0.15) is 42.7 Å². The number of hydrogen-bond acceptors (Lipinski definition) is 8. The van der Waals surface area contributed by atoms with Crippen LogP contribution >= 0.6 is 0 Å². The highest BCUT2D eigenvalue weighted by atomic mass is 16.5. The molecular formula is C17H23N5O3. The Hall–Kier alpha value is -2.90. The van der Waals surface area contributed by atoms with Crippen LogP contribution in [0, 0.1) is 0 Å². The van der Waals surface area contributed by atoms with Gasteiger partial charge in [0.15, 0.2) is 11.6 Å². The maximum atomic E-state index is 11.8. The second-order valence-electron chi connectivity index (χ2n) is 5.27. The number of ether oxygens (including phenoxy) is 2. The molecule has 0 amide bonds. The van der Waals surface area contributed by atoms with Crippen molar-refractivity contribution in [2.24, 2.45) is 0 Å². The van der Waals surface area contributed by atoms with E-state index in [0.29, 0.717) is 29.4 Å². The number of anilines is 2. The van der Waals surface area contributed by atoms with Gasteiger partial charge in [0, 0.05) is 12.7 Å². The fourth-order valence-electron chi connectivity index (χ4n) is 2.05. The summed E-state index contributed by atoms with van der Waals surface area (Å²) in [4.78, 5) is 24.1. The first-order chi connectivity index (χ1) is 12.1. The molecule has 0 spiro atoms. The Balaban J connectivity index is 2.05. The molecule has 0 bridgehead atoms. The Labute approximate surface area is 146 Å². The van der Waals surface area contributed by atoms with Gasteiger partial charge < -0.3 is 20.5 Å². The van der Waals surface area contributed by atoms with Crippen LogP contribution in [0.4, 0.5) is 11.8 Å². The molecule has 25 heavy (non-hydrogen) atoms. The summed E-state index contributed by atoms with van der Waals surface area (Å²) in [7, 11) is 0. The number of rotatable bonds is 9. The number of carbonyl (C=O) groups excluding carboxylic acids is 1. The molecule has 8 heteroatoms. The number of nitrogens with one attached hydrogen (secondary N) is 1. The minimum atomic E-state index is -0.385. The van der Waals surface area contributed by atoms with E-state index in [9.17, 15) is 4.79 Å². The molecule has 2 aromatic heterocycles. The quantitative estimate of drug-likeness (QED) is 0.526. The summed E-state index contributed by atoms with van der Waals surface area (Å²) in [6, 6.07) is 3.24. The van der Waals surface area contributed by atoms with Crippen molar-refractivity contribution in [1.82, 2.24) is 15.0 Å². The molecule has 0 fully saturated rings. The van der Waals surface area contributed by atoms with Crippen molar-refractivity contribution in [2.45, 2.75) is 33.3 Å². The summed E-state index contributed by atoms with van der Waals surface area (Å²) in [5, 5.41) is 3.19. The van der Waals surface area contributed by atoms with Gasteiger partial charge >= 0.3 is 5.97 Å². The van der Waals surface area contributed by atoms with E-state index in [-0.39, 0.29) is 18.5 Å². The second-order valence-corrected chi connectivity index (χ2v) is 5.27. The van der Waals surface area contributed by atoms with Gasteiger partial charge in [-0.1, -0.05) is 13.3 Å². The lowest BCUT2D eigenvalue weighted by Gasteiger charge is -2.12. The first-order valence-electron chi connectivity index (χ1n) is 8.25. The fourth-order valence-corrected chi connectivity index (χ4v) is 2.05. The predicted octanol–water partition coefficient (Wildman–Crippen LogP) is 2.42. The summed E-state index contributed by atoms with van der Waals surface area (Å²) >= 11 is 0. The van der Waals surface area contributed by atoms with Crippen molar-refractivity contribution in [1.29, 1.82) is 0 Å². The lowest BCUT2D eigenvalue weighted by Crippen LogP contribution is -2.10. The van der Waals surface area contributed by atoms with E-state index in [1.54, 1.807) is 25.3 Å². The summed E-state index contributed by atoms with van der Waals surface area (Å²) in [6.07, 6.45) is 5.14. The highest BCUT2D eigenvalue weighted by molar-refractivity contribution is 5.89. The van der Waals surface area contributed by atoms with Crippen molar-refractivity contribution in [3.63, 3.8) is 0 Å². The zero-order valence-corrected chi connectivity index (χ0v) is 14.5. The zero-order chi connectivity index (χ0) is 18.1. The van der Waals surface area contributed by atoms with E-state index in [4.69, 9.17) is 15.2 Å². The van der Waals surface area contributed by atoms with Crippen LogP contribution in [0.3, 0.4) is 0 Å². The van der Waals surface area contributed by atoms with Crippen molar-refractivity contribution in [3.05, 3.63) is 35.8 Å². The van der Waals surface area contributed by atoms with Crippen LogP contribution in [0.15, 0.2) is 24.5 Å². The summed E-state index contributed by atoms with van der Waals surface area (Å²) < 4.78 is 10.7. The van der Waals surface area contributed by atoms with Crippen molar-refractivity contribution >= 4 is 17.7 Å². The van der Waals surface area contributed by atoms with E-state index < -0.39 is 0 Å². The van der Waals surface area contributed by atoms with Crippen LogP contribution in [0.2, 0.25) is 0 Å². The molecule has 134 valence electrons. The smallest absolute Gasteiger partial charge is 0.338 e. The Morgan fingerprint density at radius 2 is 2.16 bits per heavy atom. The molecule has 0 unspecified atom stereocenters. The van der Waals surface area contributed by atoms with Crippen molar-refractivity contribution < 1.29 is 14.3 Å². The molecule has 2 aromatic rings. The molecule has 0 aliphatic heterocycles. The maximum absolute atomic E-state index is 11.8. The van der Waals surface area contributed by atoms with E-state index >= 15 is 0 Å². The van der Waals surface area contributed by atoms with Crippen molar-refractivity contribution in [2.75, 3.05) is 24.2 Å². The Kier molecular flexibility index (Phi) is 6.94. The van der Waals surface area contributed by atoms with Gasteiger partial charge in [-0.15, -0.1) is 0 Å². The molecule has 0 aliphatic carbocycles. The molecule has 2 heterocycles. The third-order valence-electron chi connectivity index (χ3n) is 3.30. The Morgan fingerprint density at radius 1 is 1.32 bits per heavy atom. The number of hydrogen-bond donors (Lipinski definition) is 2. The third kappa shape index (κ3) is 5.59. The minimum Gasteiger partial charge on any atom is -0.482 e. The largest absolute Gasteiger partial charge is 0.482 e. The first kappa shape index (κ1) is 18.4. The monoisotopic (exact) mass is 345 g/mol. The number of aromatic nitrogens is 3. The molecule has 0 aromatic carbocycles. The van der Waals surface area contributed by atoms with E-state index in [0.717, 1.165) is 19.4 Å². The molecular weight excluding hydrogens is 322 g/mol. The van der Waals surface area contributed by atoms with Crippen LogP contribution in [0.5, 0.6) is 5.75 Å². The van der Waals surface area contributed by atoms with Gasteiger partial charge in [-0.2, -0.15) is 4.98 Å². The van der Waals surface area contributed by atoms with E-state index in [1.807, 2.05) is 0 Å². The Morgan fingerprint density at radius 3 is 2.92 bits per heavy atom. The number of nitrogens with zero attached hydrogens (tertiary/aromatic N) is 3.